The second kappa shape index (κ2) is 7.39. The lowest BCUT2D eigenvalue weighted by Gasteiger charge is -2.15. The number of halogens is 3. The highest BCUT2D eigenvalue weighted by Crippen LogP contribution is 2.36. The maximum Gasteiger partial charge on any atom is 0.435 e. The van der Waals surface area contributed by atoms with Gasteiger partial charge in [0.1, 0.15) is 0 Å². The first-order valence-corrected chi connectivity index (χ1v) is 9.49. The third kappa shape index (κ3) is 3.90. The number of anilines is 1. The van der Waals surface area contributed by atoms with Gasteiger partial charge in [-0.2, -0.15) is 18.3 Å². The van der Waals surface area contributed by atoms with Crippen LogP contribution in [0.15, 0.2) is 48.5 Å². The molecule has 4 nitrogen and oxygen atoms in total. The predicted octanol–water partition coefficient (Wildman–Crippen LogP) is 5.33. The average Bonchev–Trinajstić information content (AvgIpc) is 3.10. The normalized spacial score (nSPS) is 13.8. The summed E-state index contributed by atoms with van der Waals surface area (Å²) >= 11 is 0. The lowest BCUT2D eigenvalue weighted by Crippen LogP contribution is -2.12. The van der Waals surface area contributed by atoms with Crippen molar-refractivity contribution >= 4 is 11.6 Å². The Labute approximate surface area is 166 Å². The monoisotopic (exact) mass is 399 g/mol. The van der Waals surface area contributed by atoms with Crippen molar-refractivity contribution in [2.75, 3.05) is 5.32 Å². The van der Waals surface area contributed by atoms with Gasteiger partial charge in [0.15, 0.2) is 5.69 Å². The van der Waals surface area contributed by atoms with Crippen molar-refractivity contribution in [3.8, 4) is 5.69 Å². The lowest BCUT2D eigenvalue weighted by molar-refractivity contribution is -0.142. The van der Waals surface area contributed by atoms with Crippen molar-refractivity contribution in [2.45, 2.75) is 38.8 Å². The minimum Gasteiger partial charge on any atom is -0.322 e. The Bertz CT molecular complexity index is 1030. The van der Waals surface area contributed by atoms with Gasteiger partial charge in [-0.05, 0) is 69.0 Å². The maximum absolute atomic E-state index is 13.4. The summed E-state index contributed by atoms with van der Waals surface area (Å²) in [6.07, 6.45) is -1.94. The van der Waals surface area contributed by atoms with E-state index in [1.54, 1.807) is 24.3 Å². The molecule has 0 unspecified atom stereocenters. The van der Waals surface area contributed by atoms with Crippen LogP contribution in [-0.2, 0) is 19.0 Å². The number of rotatable bonds is 3. The average molecular weight is 399 g/mol. The van der Waals surface area contributed by atoms with E-state index in [2.05, 4.69) is 10.4 Å². The molecule has 3 aromatic rings. The molecule has 0 aliphatic heterocycles. The third-order valence-electron chi connectivity index (χ3n) is 5.13. The number of aromatic nitrogens is 2. The quantitative estimate of drug-likeness (QED) is 0.647. The molecule has 1 N–H and O–H groups in total. The van der Waals surface area contributed by atoms with Crippen molar-refractivity contribution in [1.29, 1.82) is 0 Å². The van der Waals surface area contributed by atoms with E-state index in [1.807, 2.05) is 31.2 Å². The van der Waals surface area contributed by atoms with E-state index in [9.17, 15) is 18.0 Å². The largest absolute Gasteiger partial charge is 0.435 e. The van der Waals surface area contributed by atoms with Gasteiger partial charge in [0, 0.05) is 22.5 Å². The Morgan fingerprint density at radius 2 is 1.66 bits per heavy atom. The fourth-order valence-electron chi connectivity index (χ4n) is 3.63. The number of hydrogen-bond acceptors (Lipinski definition) is 2. The van der Waals surface area contributed by atoms with Crippen molar-refractivity contribution < 1.29 is 18.0 Å². The van der Waals surface area contributed by atoms with Crippen LogP contribution in [0.25, 0.3) is 5.69 Å². The van der Waals surface area contributed by atoms with Crippen LogP contribution < -0.4 is 5.32 Å². The zero-order valence-electron chi connectivity index (χ0n) is 15.9. The number of carbonyl (C=O) groups excluding carboxylic acids is 1. The number of carbonyl (C=O) groups is 1. The van der Waals surface area contributed by atoms with Crippen molar-refractivity contribution in [2.24, 2.45) is 0 Å². The van der Waals surface area contributed by atoms with E-state index in [0.29, 0.717) is 41.0 Å². The molecule has 0 fully saturated rings. The molecule has 2 aromatic carbocycles. The predicted molar refractivity (Wildman–Crippen MR) is 104 cm³/mol. The molecule has 0 atom stereocenters. The van der Waals surface area contributed by atoms with Crippen molar-refractivity contribution in [1.82, 2.24) is 9.78 Å². The van der Waals surface area contributed by atoms with Crippen LogP contribution in [0.5, 0.6) is 0 Å². The topological polar surface area (TPSA) is 46.9 Å². The molecule has 4 rings (SSSR count). The number of alkyl halides is 3. The summed E-state index contributed by atoms with van der Waals surface area (Å²) in [6.45, 7) is 1.96. The van der Waals surface area contributed by atoms with Gasteiger partial charge in [-0.25, -0.2) is 4.68 Å². The van der Waals surface area contributed by atoms with Crippen LogP contribution in [0, 0.1) is 6.92 Å². The molecule has 1 heterocycles. The second-order valence-corrected chi connectivity index (χ2v) is 7.26. The van der Waals surface area contributed by atoms with Gasteiger partial charge < -0.3 is 5.32 Å². The van der Waals surface area contributed by atoms with Gasteiger partial charge in [0.2, 0.25) is 0 Å². The molecule has 1 aliphatic carbocycles. The number of aryl methyl sites for hydroxylation is 1. The number of nitrogens with one attached hydrogen (secondary N) is 1. The smallest absolute Gasteiger partial charge is 0.322 e. The Hall–Kier alpha value is -3.09. The minimum atomic E-state index is -4.47. The van der Waals surface area contributed by atoms with Gasteiger partial charge in [-0.15, -0.1) is 0 Å². The second-order valence-electron chi connectivity index (χ2n) is 7.26. The number of nitrogens with zero attached hydrogens (tertiary/aromatic N) is 2. The van der Waals surface area contributed by atoms with Gasteiger partial charge in [-0.1, -0.05) is 17.7 Å². The Morgan fingerprint density at radius 3 is 2.31 bits per heavy atom. The van der Waals surface area contributed by atoms with Crippen LogP contribution in [0.4, 0.5) is 18.9 Å². The lowest BCUT2D eigenvalue weighted by atomic mass is 9.95. The summed E-state index contributed by atoms with van der Waals surface area (Å²) in [7, 11) is 0. The zero-order chi connectivity index (χ0) is 20.6. The minimum absolute atomic E-state index is 0.279. The van der Waals surface area contributed by atoms with E-state index >= 15 is 0 Å². The Balaban J connectivity index is 1.60. The summed E-state index contributed by atoms with van der Waals surface area (Å²) in [5, 5.41) is 6.68. The van der Waals surface area contributed by atoms with Crippen LogP contribution in [0.1, 0.15) is 45.7 Å². The van der Waals surface area contributed by atoms with Crippen LogP contribution >= 0.6 is 0 Å². The van der Waals surface area contributed by atoms with E-state index < -0.39 is 11.9 Å². The molecule has 7 heteroatoms. The van der Waals surface area contributed by atoms with E-state index in [1.165, 1.54) is 4.68 Å². The highest BCUT2D eigenvalue weighted by molar-refractivity contribution is 6.04. The Morgan fingerprint density at radius 1 is 1.00 bits per heavy atom. The molecular formula is C22H20F3N3O. The van der Waals surface area contributed by atoms with Crippen LogP contribution in [0.2, 0.25) is 0 Å². The summed E-state index contributed by atoms with van der Waals surface area (Å²) < 4.78 is 41.5. The molecule has 1 aromatic heterocycles. The van der Waals surface area contributed by atoms with Gasteiger partial charge in [0.05, 0.1) is 5.69 Å². The standard InChI is InChI=1S/C22H20F3N3O/c1-14-6-10-16(11-7-14)26-21(29)15-8-12-17(13-9-15)28-19-5-3-2-4-18(19)20(27-28)22(23,24)25/h6-13H,2-5H2,1H3,(H,26,29). The number of amides is 1. The maximum atomic E-state index is 13.4. The fourth-order valence-corrected chi connectivity index (χ4v) is 3.63. The number of benzene rings is 2. The summed E-state index contributed by atoms with van der Waals surface area (Å²) in [5.41, 5.74) is 2.82. The van der Waals surface area contributed by atoms with E-state index in [0.717, 1.165) is 18.4 Å². The van der Waals surface area contributed by atoms with Crippen molar-refractivity contribution in [3.63, 3.8) is 0 Å². The van der Waals surface area contributed by atoms with Crippen molar-refractivity contribution in [3.05, 3.63) is 76.6 Å². The fraction of sp³-hybridized carbons (Fsp3) is 0.273. The van der Waals surface area contributed by atoms with Gasteiger partial charge in [-0.3, -0.25) is 4.79 Å². The van der Waals surface area contributed by atoms with Crippen LogP contribution in [0.3, 0.4) is 0 Å². The zero-order valence-corrected chi connectivity index (χ0v) is 15.9. The SMILES string of the molecule is Cc1ccc(NC(=O)c2ccc(-n3nc(C(F)(F)F)c4c3CCCC4)cc2)cc1. The Kier molecular flexibility index (Phi) is 4.90. The molecule has 150 valence electrons. The molecule has 0 spiro atoms. The van der Waals surface area contributed by atoms with Gasteiger partial charge >= 0.3 is 6.18 Å². The molecule has 29 heavy (non-hydrogen) atoms. The summed E-state index contributed by atoms with van der Waals surface area (Å²) in [4.78, 5) is 12.4. The van der Waals surface area contributed by atoms with E-state index in [4.69, 9.17) is 0 Å². The molecule has 0 bridgehead atoms. The van der Waals surface area contributed by atoms with Crippen LogP contribution in [-0.4, -0.2) is 15.7 Å². The summed E-state index contributed by atoms with van der Waals surface area (Å²) in [6, 6.07) is 13.9. The molecule has 0 saturated carbocycles. The highest BCUT2D eigenvalue weighted by Gasteiger charge is 2.39. The van der Waals surface area contributed by atoms with E-state index in [-0.39, 0.29) is 5.91 Å². The third-order valence-corrected chi connectivity index (χ3v) is 5.13. The molecule has 0 radical (unpaired) electrons. The first kappa shape index (κ1) is 19.2. The first-order valence-electron chi connectivity index (χ1n) is 9.49. The first-order chi connectivity index (χ1) is 13.8. The molecule has 1 amide bonds. The molecule has 1 aliphatic rings. The molecule has 0 saturated heterocycles. The van der Waals surface area contributed by atoms with Gasteiger partial charge in [0.25, 0.3) is 5.91 Å². The highest BCUT2D eigenvalue weighted by atomic mass is 19.4. The summed E-state index contributed by atoms with van der Waals surface area (Å²) in [5.74, 6) is -0.279. The number of hydrogen-bond donors (Lipinski definition) is 1. The molecular weight excluding hydrogens is 379 g/mol. The number of fused-ring (bicyclic) bond motifs is 1.